The number of piperidine rings is 1. The van der Waals surface area contributed by atoms with Crippen LogP contribution in [0.1, 0.15) is 30.1 Å². The van der Waals surface area contributed by atoms with E-state index in [1.54, 1.807) is 0 Å². The predicted molar refractivity (Wildman–Crippen MR) is 120 cm³/mol. The van der Waals surface area contributed by atoms with Gasteiger partial charge in [0.15, 0.2) is 0 Å². The third kappa shape index (κ3) is 5.17. The number of imidazole rings is 1. The maximum absolute atomic E-state index is 11.4. The highest BCUT2D eigenvalue weighted by atomic mass is 35.5. The van der Waals surface area contributed by atoms with E-state index in [0.29, 0.717) is 0 Å². The van der Waals surface area contributed by atoms with Crippen LogP contribution in [-0.4, -0.2) is 40.8 Å². The predicted octanol–water partition coefficient (Wildman–Crippen LogP) is 4.47. The first-order valence-electron chi connectivity index (χ1n) is 10.5. The molecule has 2 heterocycles. The molecule has 2 N–H and O–H groups in total. The van der Waals surface area contributed by atoms with Gasteiger partial charge in [-0.25, -0.2) is 4.98 Å². The van der Waals surface area contributed by atoms with Crippen LogP contribution >= 0.6 is 11.6 Å². The van der Waals surface area contributed by atoms with Gasteiger partial charge in [-0.1, -0.05) is 54.1 Å². The highest BCUT2D eigenvalue weighted by Gasteiger charge is 2.29. The van der Waals surface area contributed by atoms with Gasteiger partial charge in [-0.15, -0.1) is 0 Å². The Hall–Kier alpha value is -2.47. The number of aldehydes is 1. The molecule has 156 valence electrons. The summed E-state index contributed by atoms with van der Waals surface area (Å²) >= 11 is 6.06. The fourth-order valence-corrected chi connectivity index (χ4v) is 4.23. The summed E-state index contributed by atoms with van der Waals surface area (Å²) in [5.74, 6) is 1.03. The Morgan fingerprint density at radius 2 is 1.97 bits per heavy atom. The van der Waals surface area contributed by atoms with Crippen LogP contribution in [0.25, 0.3) is 11.4 Å². The molecule has 6 heteroatoms. The second-order valence-electron chi connectivity index (χ2n) is 7.82. The summed E-state index contributed by atoms with van der Waals surface area (Å²) in [6.07, 6.45) is 4.79. The van der Waals surface area contributed by atoms with Crippen molar-refractivity contribution in [2.45, 2.75) is 25.4 Å². The molecule has 1 fully saturated rings. The number of nitrogens with one attached hydrogen (secondary N) is 2. The molecule has 0 amide bonds. The molecule has 1 aliphatic heterocycles. The SMILES string of the molecule is O=CC1CCN(CCNCc2cnc(-c3ccccc3)[nH]2)C(c2ccc(Cl)cc2)C1. The van der Waals surface area contributed by atoms with E-state index in [1.165, 1.54) is 5.56 Å². The molecular formula is C24H27ClN4O. The van der Waals surface area contributed by atoms with Crippen molar-refractivity contribution >= 4 is 17.9 Å². The fraction of sp³-hybridized carbons (Fsp3) is 0.333. The third-order valence-electron chi connectivity index (χ3n) is 5.77. The molecule has 0 saturated carbocycles. The minimum absolute atomic E-state index is 0.135. The first-order chi connectivity index (χ1) is 14.7. The molecule has 3 aromatic rings. The van der Waals surface area contributed by atoms with Gasteiger partial charge in [-0.3, -0.25) is 4.90 Å². The van der Waals surface area contributed by atoms with Gasteiger partial charge in [-0.05, 0) is 37.1 Å². The summed E-state index contributed by atoms with van der Waals surface area (Å²) in [5, 5.41) is 4.26. The van der Waals surface area contributed by atoms with Crippen LogP contribution in [0.4, 0.5) is 0 Å². The van der Waals surface area contributed by atoms with Crippen molar-refractivity contribution in [1.29, 1.82) is 0 Å². The van der Waals surface area contributed by atoms with Gasteiger partial charge < -0.3 is 15.1 Å². The Bertz CT molecular complexity index is 941. The van der Waals surface area contributed by atoms with Gasteiger partial charge in [0.1, 0.15) is 12.1 Å². The average Bonchev–Trinajstić information content (AvgIpc) is 3.27. The molecule has 2 unspecified atom stereocenters. The minimum Gasteiger partial charge on any atom is -0.341 e. The fourth-order valence-electron chi connectivity index (χ4n) is 4.10. The minimum atomic E-state index is 0.135. The van der Waals surface area contributed by atoms with Crippen molar-refractivity contribution in [2.75, 3.05) is 19.6 Å². The number of nitrogens with zero attached hydrogens (tertiary/aromatic N) is 2. The van der Waals surface area contributed by atoms with E-state index >= 15 is 0 Å². The van der Waals surface area contributed by atoms with Crippen molar-refractivity contribution < 1.29 is 4.79 Å². The Morgan fingerprint density at radius 1 is 1.17 bits per heavy atom. The zero-order valence-electron chi connectivity index (χ0n) is 16.9. The summed E-state index contributed by atoms with van der Waals surface area (Å²) in [6.45, 7) is 3.48. The van der Waals surface area contributed by atoms with Crippen LogP contribution < -0.4 is 5.32 Å². The van der Waals surface area contributed by atoms with Crippen LogP contribution in [0.5, 0.6) is 0 Å². The number of aromatic nitrogens is 2. The van der Waals surface area contributed by atoms with Crippen LogP contribution in [0.3, 0.4) is 0 Å². The second-order valence-corrected chi connectivity index (χ2v) is 8.26. The standard InChI is InChI=1S/C24H27ClN4O/c25-21-8-6-19(7-9-21)23-14-18(17-30)10-12-29(23)13-11-26-15-22-16-27-24(28-22)20-4-2-1-3-5-20/h1-9,16-18,23,26H,10-15H2,(H,27,28). The van der Waals surface area contributed by atoms with Gasteiger partial charge in [0.2, 0.25) is 0 Å². The van der Waals surface area contributed by atoms with E-state index in [-0.39, 0.29) is 12.0 Å². The Kier molecular flexibility index (Phi) is 6.95. The highest BCUT2D eigenvalue weighted by Crippen LogP contribution is 2.33. The van der Waals surface area contributed by atoms with Crippen LogP contribution in [0.2, 0.25) is 5.02 Å². The van der Waals surface area contributed by atoms with E-state index in [1.807, 2.05) is 36.5 Å². The third-order valence-corrected chi connectivity index (χ3v) is 6.02. The lowest BCUT2D eigenvalue weighted by Gasteiger charge is -2.38. The molecule has 2 aromatic carbocycles. The number of aromatic amines is 1. The van der Waals surface area contributed by atoms with Crippen LogP contribution in [0.15, 0.2) is 60.8 Å². The molecule has 30 heavy (non-hydrogen) atoms. The lowest BCUT2D eigenvalue weighted by Crippen LogP contribution is -2.41. The summed E-state index contributed by atoms with van der Waals surface area (Å²) in [6, 6.07) is 18.4. The van der Waals surface area contributed by atoms with Crippen molar-refractivity contribution in [3.8, 4) is 11.4 Å². The molecular weight excluding hydrogens is 396 g/mol. The first-order valence-corrected chi connectivity index (χ1v) is 10.9. The topological polar surface area (TPSA) is 61.0 Å². The molecule has 0 radical (unpaired) electrons. The van der Waals surface area contributed by atoms with E-state index in [4.69, 9.17) is 11.6 Å². The van der Waals surface area contributed by atoms with Gasteiger partial charge in [0.05, 0.1) is 0 Å². The van der Waals surface area contributed by atoms with E-state index in [0.717, 1.165) is 67.4 Å². The molecule has 5 nitrogen and oxygen atoms in total. The lowest BCUT2D eigenvalue weighted by molar-refractivity contribution is -0.113. The smallest absolute Gasteiger partial charge is 0.137 e. The normalized spacial score (nSPS) is 19.6. The van der Waals surface area contributed by atoms with Crippen molar-refractivity contribution in [3.63, 3.8) is 0 Å². The molecule has 1 aliphatic rings. The number of benzene rings is 2. The number of halogens is 1. The maximum Gasteiger partial charge on any atom is 0.137 e. The molecule has 0 aliphatic carbocycles. The molecule has 0 bridgehead atoms. The van der Waals surface area contributed by atoms with Crippen molar-refractivity contribution in [3.05, 3.63) is 77.1 Å². The van der Waals surface area contributed by atoms with Crippen molar-refractivity contribution in [1.82, 2.24) is 20.2 Å². The molecule has 2 atom stereocenters. The lowest BCUT2D eigenvalue weighted by atomic mass is 9.88. The molecule has 1 aromatic heterocycles. The average molecular weight is 423 g/mol. The summed E-state index contributed by atoms with van der Waals surface area (Å²) in [7, 11) is 0. The Balaban J connectivity index is 1.31. The van der Waals surface area contributed by atoms with Crippen LogP contribution in [0, 0.1) is 5.92 Å². The van der Waals surface area contributed by atoms with Gasteiger partial charge in [-0.2, -0.15) is 0 Å². The molecule has 0 spiro atoms. The molecule has 4 rings (SSSR count). The molecule has 1 saturated heterocycles. The second kappa shape index (κ2) is 10.0. The van der Waals surface area contributed by atoms with Gasteiger partial charge in [0, 0.05) is 54.1 Å². The Morgan fingerprint density at radius 3 is 2.73 bits per heavy atom. The van der Waals surface area contributed by atoms with Gasteiger partial charge in [0.25, 0.3) is 0 Å². The van der Waals surface area contributed by atoms with Crippen molar-refractivity contribution in [2.24, 2.45) is 5.92 Å². The monoisotopic (exact) mass is 422 g/mol. The number of hydrogen-bond donors (Lipinski definition) is 2. The van der Waals surface area contributed by atoms with Gasteiger partial charge >= 0.3 is 0 Å². The van der Waals surface area contributed by atoms with E-state index < -0.39 is 0 Å². The quantitative estimate of drug-likeness (QED) is 0.415. The van der Waals surface area contributed by atoms with E-state index in [9.17, 15) is 4.79 Å². The number of rotatable bonds is 8. The Labute approximate surface area is 182 Å². The largest absolute Gasteiger partial charge is 0.341 e. The van der Waals surface area contributed by atoms with Crippen LogP contribution in [-0.2, 0) is 11.3 Å². The number of likely N-dealkylation sites (tertiary alicyclic amines) is 1. The zero-order chi connectivity index (χ0) is 20.8. The summed E-state index contributed by atoms with van der Waals surface area (Å²) < 4.78 is 0. The maximum atomic E-state index is 11.4. The number of H-pyrrole nitrogens is 1. The highest BCUT2D eigenvalue weighted by molar-refractivity contribution is 6.30. The summed E-state index contributed by atoms with van der Waals surface area (Å²) in [4.78, 5) is 21.7. The number of hydrogen-bond acceptors (Lipinski definition) is 4. The number of carbonyl (C=O) groups is 1. The summed E-state index contributed by atoms with van der Waals surface area (Å²) in [5.41, 5.74) is 3.39. The first kappa shape index (κ1) is 20.8. The van der Waals surface area contributed by atoms with E-state index in [2.05, 4.69) is 44.5 Å². The zero-order valence-corrected chi connectivity index (χ0v) is 17.7. The number of carbonyl (C=O) groups excluding carboxylic acids is 1.